The fraction of sp³-hybridized carbons (Fsp3) is 0.600. The Balaban J connectivity index is 1.73. The van der Waals surface area contributed by atoms with E-state index in [1.807, 2.05) is 0 Å². The van der Waals surface area contributed by atoms with Crippen LogP contribution >= 0.6 is 0 Å². The normalized spacial score (nSPS) is 20.4. The van der Waals surface area contributed by atoms with E-state index in [1.165, 1.54) is 19.0 Å². The zero-order chi connectivity index (χ0) is 10.5. The fourth-order valence-corrected chi connectivity index (χ4v) is 1.70. The van der Waals surface area contributed by atoms with Crippen LogP contribution in [-0.4, -0.2) is 29.2 Å². The van der Waals surface area contributed by atoms with Crippen molar-refractivity contribution in [3.8, 4) is 0 Å². The van der Waals surface area contributed by atoms with E-state index in [0.29, 0.717) is 11.9 Å². The maximum atomic E-state index is 5.51. The van der Waals surface area contributed by atoms with E-state index in [2.05, 4.69) is 15.3 Å². The van der Waals surface area contributed by atoms with Crippen LogP contribution in [0.15, 0.2) is 12.4 Å². The van der Waals surface area contributed by atoms with Gasteiger partial charge in [-0.05, 0) is 19.3 Å². The minimum atomic E-state index is 0.409. The Morgan fingerprint density at radius 1 is 1.53 bits per heavy atom. The predicted octanol–water partition coefficient (Wildman–Crippen LogP) is 1.04. The largest absolute Gasteiger partial charge is 0.382 e. The third-order valence-corrected chi connectivity index (χ3v) is 2.45. The molecule has 1 atom stereocenters. The van der Waals surface area contributed by atoms with Crippen LogP contribution in [0.2, 0.25) is 0 Å². The average molecular weight is 208 g/mol. The first kappa shape index (κ1) is 10.2. The molecule has 0 radical (unpaired) electrons. The van der Waals surface area contributed by atoms with Crippen molar-refractivity contribution in [2.75, 3.05) is 24.2 Å². The van der Waals surface area contributed by atoms with Gasteiger partial charge in [-0.2, -0.15) is 0 Å². The SMILES string of the molecule is Nc1cncc(NCCC2CCCO2)n1. The van der Waals surface area contributed by atoms with Crippen molar-refractivity contribution in [2.45, 2.75) is 25.4 Å². The molecule has 0 amide bonds. The highest BCUT2D eigenvalue weighted by atomic mass is 16.5. The first-order chi connectivity index (χ1) is 7.34. The molecule has 0 saturated carbocycles. The quantitative estimate of drug-likeness (QED) is 0.773. The summed E-state index contributed by atoms with van der Waals surface area (Å²) in [5, 5.41) is 3.18. The maximum absolute atomic E-state index is 5.51. The molecule has 15 heavy (non-hydrogen) atoms. The Bertz CT molecular complexity index is 312. The zero-order valence-electron chi connectivity index (χ0n) is 8.65. The highest BCUT2D eigenvalue weighted by molar-refractivity contribution is 5.38. The minimum Gasteiger partial charge on any atom is -0.382 e. The Kier molecular flexibility index (Phi) is 3.34. The number of hydrogen-bond donors (Lipinski definition) is 2. The number of nitrogen functional groups attached to an aromatic ring is 1. The average Bonchev–Trinajstić information content (AvgIpc) is 2.71. The van der Waals surface area contributed by atoms with E-state index < -0.39 is 0 Å². The summed E-state index contributed by atoms with van der Waals surface area (Å²) in [5.41, 5.74) is 5.51. The summed E-state index contributed by atoms with van der Waals surface area (Å²) in [7, 11) is 0. The van der Waals surface area contributed by atoms with Gasteiger partial charge in [0.1, 0.15) is 11.6 Å². The topological polar surface area (TPSA) is 73.1 Å². The van der Waals surface area contributed by atoms with Crippen molar-refractivity contribution >= 4 is 11.6 Å². The summed E-state index contributed by atoms with van der Waals surface area (Å²) < 4.78 is 5.51. The van der Waals surface area contributed by atoms with Crippen molar-refractivity contribution < 1.29 is 4.74 Å². The first-order valence-corrected chi connectivity index (χ1v) is 5.27. The second-order valence-corrected chi connectivity index (χ2v) is 3.68. The molecule has 3 N–H and O–H groups in total. The highest BCUT2D eigenvalue weighted by Gasteiger charge is 2.14. The number of anilines is 2. The Morgan fingerprint density at radius 3 is 3.20 bits per heavy atom. The van der Waals surface area contributed by atoms with Crippen molar-refractivity contribution in [3.05, 3.63) is 12.4 Å². The highest BCUT2D eigenvalue weighted by Crippen LogP contribution is 2.15. The summed E-state index contributed by atoms with van der Waals surface area (Å²) >= 11 is 0. The standard InChI is InChI=1S/C10H16N4O/c11-9-6-12-7-10(14-9)13-4-3-8-2-1-5-15-8/h6-8H,1-5H2,(H3,11,13,14). The minimum absolute atomic E-state index is 0.409. The van der Waals surface area contributed by atoms with Gasteiger partial charge in [-0.3, -0.25) is 4.98 Å². The number of nitrogens with one attached hydrogen (secondary N) is 1. The van der Waals surface area contributed by atoms with Gasteiger partial charge in [-0.25, -0.2) is 4.98 Å². The van der Waals surface area contributed by atoms with Gasteiger partial charge in [0, 0.05) is 13.2 Å². The molecule has 5 heteroatoms. The molecule has 0 spiro atoms. The molecule has 1 fully saturated rings. The molecule has 0 aromatic carbocycles. The lowest BCUT2D eigenvalue weighted by atomic mass is 10.2. The van der Waals surface area contributed by atoms with E-state index in [9.17, 15) is 0 Å². The van der Waals surface area contributed by atoms with E-state index in [0.717, 1.165) is 25.4 Å². The number of nitrogens with two attached hydrogens (primary N) is 1. The van der Waals surface area contributed by atoms with E-state index >= 15 is 0 Å². The molecule has 0 bridgehead atoms. The van der Waals surface area contributed by atoms with E-state index in [-0.39, 0.29) is 0 Å². The van der Waals surface area contributed by atoms with Gasteiger partial charge in [0.2, 0.25) is 0 Å². The summed E-state index contributed by atoms with van der Waals surface area (Å²) in [6.45, 7) is 1.76. The summed E-state index contributed by atoms with van der Waals surface area (Å²) in [4.78, 5) is 8.05. The van der Waals surface area contributed by atoms with Crippen LogP contribution in [0.3, 0.4) is 0 Å². The molecule has 2 rings (SSSR count). The number of nitrogens with zero attached hydrogens (tertiary/aromatic N) is 2. The third kappa shape index (κ3) is 3.06. The second kappa shape index (κ2) is 4.93. The van der Waals surface area contributed by atoms with Gasteiger partial charge in [-0.15, -0.1) is 0 Å². The maximum Gasteiger partial charge on any atom is 0.146 e. The number of aromatic nitrogens is 2. The van der Waals surface area contributed by atoms with Crippen molar-refractivity contribution in [1.82, 2.24) is 9.97 Å². The van der Waals surface area contributed by atoms with E-state index in [1.54, 1.807) is 6.20 Å². The monoisotopic (exact) mass is 208 g/mol. The molecule has 1 aliphatic heterocycles. The van der Waals surface area contributed by atoms with Crippen LogP contribution in [0.25, 0.3) is 0 Å². The smallest absolute Gasteiger partial charge is 0.146 e. The molecule has 1 aromatic rings. The van der Waals surface area contributed by atoms with Crippen molar-refractivity contribution in [2.24, 2.45) is 0 Å². The van der Waals surface area contributed by atoms with Crippen LogP contribution in [0.1, 0.15) is 19.3 Å². The fourth-order valence-electron chi connectivity index (χ4n) is 1.70. The molecule has 2 heterocycles. The first-order valence-electron chi connectivity index (χ1n) is 5.27. The lowest BCUT2D eigenvalue weighted by molar-refractivity contribution is 0.107. The Labute approximate surface area is 89.1 Å². The van der Waals surface area contributed by atoms with Gasteiger partial charge in [0.05, 0.1) is 18.5 Å². The van der Waals surface area contributed by atoms with Crippen LogP contribution in [0.5, 0.6) is 0 Å². The van der Waals surface area contributed by atoms with Gasteiger partial charge in [-0.1, -0.05) is 0 Å². The molecule has 82 valence electrons. The molecular formula is C10H16N4O. The second-order valence-electron chi connectivity index (χ2n) is 3.68. The van der Waals surface area contributed by atoms with Crippen LogP contribution in [0.4, 0.5) is 11.6 Å². The Hall–Kier alpha value is -1.36. The van der Waals surface area contributed by atoms with Crippen LogP contribution < -0.4 is 11.1 Å². The van der Waals surface area contributed by atoms with Gasteiger partial charge < -0.3 is 15.8 Å². The number of ether oxygens (including phenoxy) is 1. The summed E-state index contributed by atoms with van der Waals surface area (Å²) in [6.07, 6.45) is 6.98. The molecule has 0 aliphatic carbocycles. The molecule has 1 unspecified atom stereocenters. The third-order valence-electron chi connectivity index (χ3n) is 2.45. The number of hydrogen-bond acceptors (Lipinski definition) is 5. The van der Waals surface area contributed by atoms with Crippen molar-refractivity contribution in [1.29, 1.82) is 0 Å². The molecule has 1 saturated heterocycles. The zero-order valence-corrected chi connectivity index (χ0v) is 8.65. The molecule has 1 aromatic heterocycles. The Morgan fingerprint density at radius 2 is 2.47 bits per heavy atom. The van der Waals surface area contributed by atoms with Gasteiger partial charge in [0.25, 0.3) is 0 Å². The molecule has 5 nitrogen and oxygen atoms in total. The van der Waals surface area contributed by atoms with Gasteiger partial charge >= 0.3 is 0 Å². The predicted molar refractivity (Wildman–Crippen MR) is 58.5 cm³/mol. The number of rotatable bonds is 4. The summed E-state index contributed by atoms with van der Waals surface area (Å²) in [5.74, 6) is 1.17. The van der Waals surface area contributed by atoms with Gasteiger partial charge in [0.15, 0.2) is 0 Å². The lowest BCUT2D eigenvalue weighted by Gasteiger charge is -2.10. The molecule has 1 aliphatic rings. The van der Waals surface area contributed by atoms with E-state index in [4.69, 9.17) is 10.5 Å². The van der Waals surface area contributed by atoms with Crippen LogP contribution in [-0.2, 0) is 4.74 Å². The molecular weight excluding hydrogens is 192 g/mol. The van der Waals surface area contributed by atoms with Crippen molar-refractivity contribution in [3.63, 3.8) is 0 Å². The lowest BCUT2D eigenvalue weighted by Crippen LogP contribution is -2.13. The van der Waals surface area contributed by atoms with Crippen LogP contribution in [0, 0.1) is 0 Å². The summed E-state index contributed by atoms with van der Waals surface area (Å²) in [6, 6.07) is 0.